The first-order valence-corrected chi connectivity index (χ1v) is 7.41. The van der Waals surface area contributed by atoms with Gasteiger partial charge in [0.25, 0.3) is 5.91 Å². The minimum absolute atomic E-state index is 0.106. The number of hydrogen-bond acceptors (Lipinski definition) is 3. The molecule has 2 aromatic carbocycles. The zero-order valence-electron chi connectivity index (χ0n) is 12.3. The van der Waals surface area contributed by atoms with Crippen molar-refractivity contribution >= 4 is 23.7 Å². The van der Waals surface area contributed by atoms with Crippen LogP contribution in [0, 0.1) is 5.82 Å². The lowest BCUT2D eigenvalue weighted by Gasteiger charge is -1.99. The number of benzene rings is 2. The van der Waals surface area contributed by atoms with Gasteiger partial charge in [0.2, 0.25) is 0 Å². The summed E-state index contributed by atoms with van der Waals surface area (Å²) in [5.74, 6) is -1.01. The number of aromatic amines is 1. The van der Waals surface area contributed by atoms with E-state index in [1.165, 1.54) is 18.2 Å². The number of nitrogens with zero attached hydrogens (tertiary/aromatic N) is 2. The van der Waals surface area contributed by atoms with Crippen LogP contribution in [-0.4, -0.2) is 22.3 Å². The predicted octanol–water partition coefficient (Wildman–Crippen LogP) is 3.63. The summed E-state index contributed by atoms with van der Waals surface area (Å²) < 4.78 is 13.6. The predicted molar refractivity (Wildman–Crippen MR) is 90.5 cm³/mol. The molecule has 24 heavy (non-hydrogen) atoms. The average Bonchev–Trinajstić information content (AvgIpc) is 3.08. The summed E-state index contributed by atoms with van der Waals surface area (Å²) in [5.41, 5.74) is 4.17. The molecule has 0 saturated heterocycles. The van der Waals surface area contributed by atoms with Gasteiger partial charge in [-0.1, -0.05) is 48.0 Å². The Morgan fingerprint density at radius 1 is 1.21 bits per heavy atom. The van der Waals surface area contributed by atoms with Crippen molar-refractivity contribution in [1.29, 1.82) is 0 Å². The fourth-order valence-electron chi connectivity index (χ4n) is 2.04. The molecule has 0 unspecified atom stereocenters. The van der Waals surface area contributed by atoms with E-state index in [4.69, 9.17) is 11.6 Å². The van der Waals surface area contributed by atoms with Gasteiger partial charge in [-0.15, -0.1) is 0 Å². The second kappa shape index (κ2) is 7.06. The van der Waals surface area contributed by atoms with E-state index in [1.807, 2.05) is 30.3 Å². The van der Waals surface area contributed by atoms with Gasteiger partial charge in [0.15, 0.2) is 0 Å². The maximum absolute atomic E-state index is 13.6. The third-order valence-electron chi connectivity index (χ3n) is 3.25. The molecule has 1 aromatic heterocycles. The lowest BCUT2D eigenvalue weighted by molar-refractivity contribution is 0.0950. The van der Waals surface area contributed by atoms with E-state index in [0.29, 0.717) is 5.69 Å². The van der Waals surface area contributed by atoms with Gasteiger partial charge >= 0.3 is 0 Å². The molecule has 3 aromatic rings. The number of amides is 1. The highest BCUT2D eigenvalue weighted by atomic mass is 35.5. The molecule has 0 spiro atoms. The van der Waals surface area contributed by atoms with Gasteiger partial charge in [-0.05, 0) is 18.2 Å². The van der Waals surface area contributed by atoms with Crippen LogP contribution in [0.5, 0.6) is 0 Å². The van der Waals surface area contributed by atoms with Gasteiger partial charge in [0.05, 0.1) is 16.9 Å². The Labute approximate surface area is 142 Å². The van der Waals surface area contributed by atoms with Gasteiger partial charge in [-0.25, -0.2) is 9.82 Å². The Morgan fingerprint density at radius 2 is 2.00 bits per heavy atom. The Kier molecular flexibility index (Phi) is 4.67. The number of rotatable bonds is 4. The first kappa shape index (κ1) is 15.9. The topological polar surface area (TPSA) is 70.1 Å². The molecule has 0 bridgehead atoms. The molecule has 7 heteroatoms. The van der Waals surface area contributed by atoms with Crippen molar-refractivity contribution in [2.75, 3.05) is 0 Å². The summed E-state index contributed by atoms with van der Waals surface area (Å²) in [6.45, 7) is 0. The van der Waals surface area contributed by atoms with E-state index < -0.39 is 11.7 Å². The molecule has 1 amide bonds. The first-order valence-electron chi connectivity index (χ1n) is 7.03. The molecular weight excluding hydrogens is 331 g/mol. The zero-order chi connectivity index (χ0) is 16.9. The van der Waals surface area contributed by atoms with Crippen molar-refractivity contribution in [2.24, 2.45) is 5.10 Å². The second-order valence-electron chi connectivity index (χ2n) is 4.87. The van der Waals surface area contributed by atoms with Crippen LogP contribution in [0.25, 0.3) is 11.3 Å². The molecule has 0 atom stereocenters. The largest absolute Gasteiger partial charge is 0.289 e. The van der Waals surface area contributed by atoms with E-state index in [-0.39, 0.29) is 16.3 Å². The standard InChI is InChI=1S/C17H12ClFN4O/c18-13-7-4-8-14(19)12(13)10-20-23-17(24)16-9-15(21-22-16)11-5-2-1-3-6-11/h1-10H,(H,21,22)(H,23,24)/b20-10-. The maximum Gasteiger partial charge on any atom is 0.289 e. The monoisotopic (exact) mass is 342 g/mol. The Bertz CT molecular complexity index is 872. The smallest absolute Gasteiger partial charge is 0.272 e. The van der Waals surface area contributed by atoms with Gasteiger partial charge in [-0.2, -0.15) is 10.2 Å². The van der Waals surface area contributed by atoms with Gasteiger partial charge in [0.1, 0.15) is 11.5 Å². The third kappa shape index (κ3) is 3.49. The van der Waals surface area contributed by atoms with Crippen molar-refractivity contribution in [2.45, 2.75) is 0 Å². The van der Waals surface area contributed by atoms with Crippen molar-refractivity contribution < 1.29 is 9.18 Å². The molecule has 0 aliphatic rings. The molecule has 0 saturated carbocycles. The normalized spacial score (nSPS) is 10.9. The minimum atomic E-state index is -0.520. The van der Waals surface area contributed by atoms with E-state index in [2.05, 4.69) is 20.7 Å². The van der Waals surface area contributed by atoms with Crippen LogP contribution in [0.15, 0.2) is 59.7 Å². The average molecular weight is 343 g/mol. The van der Waals surface area contributed by atoms with Crippen molar-refractivity contribution in [3.8, 4) is 11.3 Å². The second-order valence-corrected chi connectivity index (χ2v) is 5.27. The van der Waals surface area contributed by atoms with Crippen LogP contribution in [0.1, 0.15) is 16.1 Å². The maximum atomic E-state index is 13.6. The SMILES string of the molecule is O=C(N/N=C\c1c(F)cccc1Cl)c1cc(-c2ccccc2)n[nH]1. The molecule has 0 aliphatic carbocycles. The molecule has 2 N–H and O–H groups in total. The number of hydrazone groups is 1. The number of nitrogens with one attached hydrogen (secondary N) is 2. The highest BCUT2D eigenvalue weighted by Gasteiger charge is 2.10. The van der Waals surface area contributed by atoms with E-state index in [1.54, 1.807) is 6.07 Å². The van der Waals surface area contributed by atoms with Crippen LogP contribution in [0.2, 0.25) is 5.02 Å². The van der Waals surface area contributed by atoms with Gasteiger partial charge in [-0.3, -0.25) is 9.89 Å². The van der Waals surface area contributed by atoms with Gasteiger partial charge in [0, 0.05) is 11.1 Å². The summed E-state index contributed by atoms with van der Waals surface area (Å²) in [6, 6.07) is 15.3. The Morgan fingerprint density at radius 3 is 2.75 bits per heavy atom. The lowest BCUT2D eigenvalue weighted by atomic mass is 10.1. The Balaban J connectivity index is 1.70. The number of carbonyl (C=O) groups excluding carboxylic acids is 1. The fourth-order valence-corrected chi connectivity index (χ4v) is 2.26. The third-order valence-corrected chi connectivity index (χ3v) is 3.58. The summed E-state index contributed by atoms with van der Waals surface area (Å²) in [5, 5.41) is 10.7. The number of carbonyl (C=O) groups is 1. The van der Waals surface area contributed by atoms with E-state index in [9.17, 15) is 9.18 Å². The first-order chi connectivity index (χ1) is 11.6. The van der Waals surface area contributed by atoms with Crippen LogP contribution in [0.4, 0.5) is 4.39 Å². The van der Waals surface area contributed by atoms with Crippen LogP contribution in [-0.2, 0) is 0 Å². The number of H-pyrrole nitrogens is 1. The van der Waals surface area contributed by atoms with Crippen LogP contribution >= 0.6 is 11.6 Å². The summed E-state index contributed by atoms with van der Waals surface area (Å²) in [7, 11) is 0. The highest BCUT2D eigenvalue weighted by Crippen LogP contribution is 2.17. The summed E-state index contributed by atoms with van der Waals surface area (Å²) in [4.78, 5) is 12.0. The Hall–Kier alpha value is -2.99. The van der Waals surface area contributed by atoms with Crippen molar-refractivity contribution in [3.63, 3.8) is 0 Å². The molecule has 3 rings (SSSR count). The number of aromatic nitrogens is 2. The molecule has 0 fully saturated rings. The quantitative estimate of drug-likeness (QED) is 0.561. The molecule has 5 nitrogen and oxygen atoms in total. The van der Waals surface area contributed by atoms with Gasteiger partial charge < -0.3 is 0 Å². The van der Waals surface area contributed by atoms with E-state index >= 15 is 0 Å². The van der Waals surface area contributed by atoms with Crippen LogP contribution in [0.3, 0.4) is 0 Å². The minimum Gasteiger partial charge on any atom is -0.272 e. The molecular formula is C17H12ClFN4O. The van der Waals surface area contributed by atoms with Crippen molar-refractivity contribution in [3.05, 3.63) is 76.7 Å². The number of halogens is 2. The van der Waals surface area contributed by atoms with Crippen molar-refractivity contribution in [1.82, 2.24) is 15.6 Å². The fraction of sp³-hybridized carbons (Fsp3) is 0. The summed E-state index contributed by atoms with van der Waals surface area (Å²) in [6.07, 6.45) is 1.16. The molecule has 0 radical (unpaired) electrons. The number of hydrogen-bond donors (Lipinski definition) is 2. The van der Waals surface area contributed by atoms with Crippen LogP contribution < -0.4 is 5.43 Å². The highest BCUT2D eigenvalue weighted by molar-refractivity contribution is 6.33. The molecule has 120 valence electrons. The van der Waals surface area contributed by atoms with E-state index in [0.717, 1.165) is 11.8 Å². The zero-order valence-corrected chi connectivity index (χ0v) is 13.1. The lowest BCUT2D eigenvalue weighted by Crippen LogP contribution is -2.18. The summed E-state index contributed by atoms with van der Waals surface area (Å²) >= 11 is 5.87. The molecule has 1 heterocycles. The molecule has 0 aliphatic heterocycles.